The van der Waals surface area contributed by atoms with E-state index < -0.39 is 5.54 Å². The van der Waals surface area contributed by atoms with Crippen LogP contribution in [0, 0.1) is 5.92 Å². The van der Waals surface area contributed by atoms with Crippen LogP contribution in [0.2, 0.25) is 0 Å². The van der Waals surface area contributed by atoms with Crippen molar-refractivity contribution in [2.75, 3.05) is 7.11 Å². The number of aliphatic imine (C=N–C) groups is 1. The summed E-state index contributed by atoms with van der Waals surface area (Å²) in [5.41, 5.74) is 5.26. The Hall–Kier alpha value is -3.14. The summed E-state index contributed by atoms with van der Waals surface area (Å²) in [6.07, 6.45) is 12.0. The highest BCUT2D eigenvalue weighted by atomic mass is 16.5. The second kappa shape index (κ2) is 7.70. The maximum Gasteiger partial charge on any atom is 0.248 e. The Bertz CT molecular complexity index is 1100. The van der Waals surface area contributed by atoms with Crippen molar-refractivity contribution in [3.63, 3.8) is 0 Å². The van der Waals surface area contributed by atoms with Crippen LogP contribution in [0.1, 0.15) is 37.1 Å². The molecule has 0 aliphatic heterocycles. The molecule has 2 atom stereocenters. The van der Waals surface area contributed by atoms with E-state index in [1.807, 2.05) is 48.7 Å². The molecule has 1 N–H and O–H groups in total. The number of aromatic nitrogens is 1. The lowest BCUT2D eigenvalue weighted by Gasteiger charge is -2.45. The third-order valence-electron chi connectivity index (χ3n) is 5.87. The Morgan fingerprint density at radius 1 is 1.24 bits per heavy atom. The van der Waals surface area contributed by atoms with Gasteiger partial charge in [-0.25, -0.2) is 0 Å². The molecule has 2 aliphatic carbocycles. The number of nitrogens with one attached hydrogen (secondary N) is 1. The second-order valence-electron chi connectivity index (χ2n) is 7.70. The summed E-state index contributed by atoms with van der Waals surface area (Å²) < 4.78 is 5.42. The summed E-state index contributed by atoms with van der Waals surface area (Å²) in [4.78, 5) is 20.1. The quantitative estimate of drug-likeness (QED) is 0.604. The normalized spacial score (nSPS) is 24.7. The zero-order chi connectivity index (χ0) is 20.4. The van der Waals surface area contributed by atoms with E-state index in [-0.39, 0.29) is 11.5 Å². The van der Waals surface area contributed by atoms with Crippen molar-refractivity contribution in [3.05, 3.63) is 92.9 Å². The monoisotopic (exact) mass is 386 g/mol. The average Bonchev–Trinajstić information content (AvgIpc) is 2.70. The fourth-order valence-electron chi connectivity index (χ4n) is 4.77. The maximum absolute atomic E-state index is 11.9. The van der Waals surface area contributed by atoms with Crippen LogP contribution in [0.15, 0.2) is 75.6 Å². The first-order chi connectivity index (χ1) is 14.1. The first-order valence-electron chi connectivity index (χ1n) is 9.99. The number of pyridine rings is 1. The number of ether oxygens (including phenoxy) is 1. The minimum absolute atomic E-state index is 0.0540. The van der Waals surface area contributed by atoms with E-state index in [9.17, 15) is 4.79 Å². The lowest BCUT2D eigenvalue weighted by molar-refractivity contribution is 0.413. The van der Waals surface area contributed by atoms with Gasteiger partial charge in [0, 0.05) is 41.4 Å². The molecule has 4 heteroatoms. The Kier molecular flexibility index (Phi) is 5.10. The van der Waals surface area contributed by atoms with E-state index in [1.165, 1.54) is 11.1 Å². The molecular formula is C25H26N2O2. The number of hydrogen-bond acceptors (Lipinski definition) is 3. The fourth-order valence-corrected chi connectivity index (χ4v) is 4.77. The van der Waals surface area contributed by atoms with Crippen LogP contribution in [0.3, 0.4) is 0 Å². The predicted octanol–water partition coefficient (Wildman–Crippen LogP) is 4.83. The van der Waals surface area contributed by atoms with Gasteiger partial charge in [0.05, 0.1) is 7.11 Å². The molecule has 148 valence electrons. The molecule has 2 aliphatic rings. The molecule has 0 unspecified atom stereocenters. The summed E-state index contributed by atoms with van der Waals surface area (Å²) in [6, 6.07) is 11.5. The summed E-state index contributed by atoms with van der Waals surface area (Å²) >= 11 is 0. The van der Waals surface area contributed by atoms with E-state index in [4.69, 9.17) is 9.73 Å². The molecule has 0 spiro atoms. The van der Waals surface area contributed by atoms with Crippen molar-refractivity contribution in [2.45, 2.75) is 32.2 Å². The maximum atomic E-state index is 11.9. The van der Waals surface area contributed by atoms with Crippen molar-refractivity contribution in [2.24, 2.45) is 10.9 Å². The molecule has 1 aromatic carbocycles. The molecule has 0 saturated heterocycles. The molecule has 0 fully saturated rings. The number of aromatic amines is 1. The Labute approximate surface area is 171 Å². The second-order valence-corrected chi connectivity index (χ2v) is 7.70. The summed E-state index contributed by atoms with van der Waals surface area (Å²) in [5.74, 6) is 1.11. The third kappa shape index (κ3) is 3.39. The smallest absolute Gasteiger partial charge is 0.248 e. The van der Waals surface area contributed by atoms with Crippen LogP contribution in [0.5, 0.6) is 5.75 Å². The van der Waals surface area contributed by atoms with Crippen LogP contribution in [-0.2, 0) is 12.0 Å². The molecular weight excluding hydrogens is 360 g/mol. The number of para-hydroxylation sites is 1. The van der Waals surface area contributed by atoms with Crippen LogP contribution in [-0.4, -0.2) is 18.3 Å². The Balaban J connectivity index is 1.77. The number of nitrogens with zero attached hydrogens (tertiary/aromatic N) is 1. The zero-order valence-electron chi connectivity index (χ0n) is 17.1. The fraction of sp³-hybridized carbons (Fsp3) is 0.280. The molecule has 0 saturated carbocycles. The van der Waals surface area contributed by atoms with Gasteiger partial charge in [-0.15, -0.1) is 0 Å². The molecule has 2 aromatic rings. The largest absolute Gasteiger partial charge is 0.496 e. The van der Waals surface area contributed by atoms with Crippen molar-refractivity contribution >= 4 is 12.3 Å². The molecule has 1 heterocycles. The standard InChI is InChI=1S/C25H26N2O2/c1-4-20-19-14-17(2)16-25(20,21-11-12-24(28)27-22(21)15-19)26-13-7-9-18-8-5-6-10-23(18)29-3/h4-14,19H,15-16H2,1-3H3,(H,27,28)/t19-,25+/m0/s1. The summed E-state index contributed by atoms with van der Waals surface area (Å²) in [5, 5.41) is 0. The SMILES string of the molecule is CC=C1[C@H]2C=C(C)C[C@]1(N=CC=Cc1ccccc1OC)c1ccc(=O)[nH]c1C2. The minimum atomic E-state index is -0.457. The first-order valence-corrected chi connectivity index (χ1v) is 9.99. The van der Waals surface area contributed by atoms with E-state index in [2.05, 4.69) is 31.0 Å². The van der Waals surface area contributed by atoms with Gasteiger partial charge in [-0.1, -0.05) is 35.9 Å². The summed E-state index contributed by atoms with van der Waals surface area (Å²) in [7, 11) is 1.68. The highest BCUT2D eigenvalue weighted by Gasteiger charge is 2.46. The van der Waals surface area contributed by atoms with Crippen molar-refractivity contribution < 1.29 is 4.74 Å². The molecule has 1 aromatic heterocycles. The molecule has 4 nitrogen and oxygen atoms in total. The summed E-state index contributed by atoms with van der Waals surface area (Å²) in [6.45, 7) is 4.26. The third-order valence-corrected chi connectivity index (χ3v) is 5.87. The van der Waals surface area contributed by atoms with Gasteiger partial charge in [-0.3, -0.25) is 9.79 Å². The van der Waals surface area contributed by atoms with Gasteiger partial charge in [-0.2, -0.15) is 0 Å². The van der Waals surface area contributed by atoms with E-state index in [0.717, 1.165) is 35.4 Å². The van der Waals surface area contributed by atoms with Crippen LogP contribution < -0.4 is 10.3 Å². The number of H-pyrrole nitrogens is 1. The van der Waals surface area contributed by atoms with E-state index in [1.54, 1.807) is 13.2 Å². The first kappa shape index (κ1) is 19.2. The molecule has 4 rings (SSSR count). The molecule has 0 radical (unpaired) electrons. The number of fused-ring (bicyclic) bond motifs is 4. The van der Waals surface area contributed by atoms with E-state index >= 15 is 0 Å². The molecule has 2 bridgehead atoms. The highest BCUT2D eigenvalue weighted by molar-refractivity contribution is 5.80. The lowest BCUT2D eigenvalue weighted by atomic mass is 9.63. The zero-order valence-corrected chi connectivity index (χ0v) is 17.1. The van der Waals surface area contributed by atoms with Gasteiger partial charge in [0.25, 0.3) is 0 Å². The van der Waals surface area contributed by atoms with Crippen LogP contribution in [0.4, 0.5) is 0 Å². The predicted molar refractivity (Wildman–Crippen MR) is 119 cm³/mol. The Morgan fingerprint density at radius 2 is 2.07 bits per heavy atom. The van der Waals surface area contributed by atoms with E-state index in [0.29, 0.717) is 0 Å². The van der Waals surface area contributed by atoms with Gasteiger partial charge < -0.3 is 9.72 Å². The topological polar surface area (TPSA) is 54.4 Å². The van der Waals surface area contributed by atoms with Gasteiger partial charge in [0.15, 0.2) is 0 Å². The van der Waals surface area contributed by atoms with Gasteiger partial charge in [0.1, 0.15) is 11.3 Å². The van der Waals surface area contributed by atoms with Gasteiger partial charge in [0.2, 0.25) is 5.56 Å². The van der Waals surface area contributed by atoms with Crippen molar-refractivity contribution in [1.29, 1.82) is 0 Å². The van der Waals surface area contributed by atoms with Gasteiger partial charge >= 0.3 is 0 Å². The number of methoxy groups -OCH3 is 1. The minimum Gasteiger partial charge on any atom is -0.496 e. The van der Waals surface area contributed by atoms with Crippen molar-refractivity contribution in [3.8, 4) is 5.75 Å². The molecule has 0 amide bonds. The number of benzene rings is 1. The Morgan fingerprint density at radius 3 is 2.86 bits per heavy atom. The molecule has 29 heavy (non-hydrogen) atoms. The highest BCUT2D eigenvalue weighted by Crippen LogP contribution is 2.51. The average molecular weight is 386 g/mol. The number of allylic oxidation sites excluding steroid dienone is 3. The van der Waals surface area contributed by atoms with Crippen LogP contribution in [0.25, 0.3) is 6.08 Å². The number of hydrogen-bond donors (Lipinski definition) is 1. The lowest BCUT2D eigenvalue weighted by Crippen LogP contribution is -2.40. The number of rotatable bonds is 4. The van der Waals surface area contributed by atoms with Gasteiger partial charge in [-0.05, 0) is 50.1 Å². The van der Waals surface area contributed by atoms with Crippen LogP contribution >= 0.6 is 0 Å². The van der Waals surface area contributed by atoms with Crippen molar-refractivity contribution in [1.82, 2.24) is 4.98 Å².